The third-order valence-corrected chi connectivity index (χ3v) is 6.71. The minimum Gasteiger partial charge on any atom is -0.487 e. The van der Waals surface area contributed by atoms with Gasteiger partial charge < -0.3 is 24.8 Å². The van der Waals surface area contributed by atoms with Crippen LogP contribution in [0.4, 0.5) is 19.0 Å². The molecule has 0 radical (unpaired) electrons. The fourth-order valence-corrected chi connectivity index (χ4v) is 5.01. The number of ether oxygens (including phenoxy) is 1. The summed E-state index contributed by atoms with van der Waals surface area (Å²) in [7, 11) is 0. The van der Waals surface area contributed by atoms with Crippen molar-refractivity contribution in [1.29, 1.82) is 0 Å². The molecule has 3 N–H and O–H groups in total. The first kappa shape index (κ1) is 24.5. The molecule has 1 aromatic heterocycles. The molecule has 1 aliphatic carbocycles. The van der Waals surface area contributed by atoms with Crippen LogP contribution in [0.3, 0.4) is 0 Å². The molecule has 1 unspecified atom stereocenters. The summed E-state index contributed by atoms with van der Waals surface area (Å²) in [6, 6.07) is 2.30. The Balaban J connectivity index is 1.69. The van der Waals surface area contributed by atoms with E-state index in [2.05, 4.69) is 16.9 Å². The summed E-state index contributed by atoms with van der Waals surface area (Å²) in [6.45, 7) is 10.1. The maximum Gasteiger partial charge on any atom is 0.266 e. The first-order valence-electron chi connectivity index (χ1n) is 11.4. The lowest BCUT2D eigenvalue weighted by molar-refractivity contribution is -0.0169. The average molecular weight is 478 g/mol. The predicted molar refractivity (Wildman–Crippen MR) is 125 cm³/mol. The van der Waals surface area contributed by atoms with E-state index < -0.39 is 42.2 Å². The zero-order chi connectivity index (χ0) is 24.7. The maximum atomic E-state index is 14.9. The number of aliphatic imine (C=N–C) groups is 1. The number of rotatable bonds is 6. The number of benzene rings is 1. The highest BCUT2D eigenvalue weighted by atomic mass is 19.3. The third-order valence-electron chi connectivity index (χ3n) is 6.71. The number of aliphatic hydroxyl groups excluding tert-OH is 2. The second kappa shape index (κ2) is 9.56. The predicted octanol–water partition coefficient (Wildman–Crippen LogP) is 4.64. The van der Waals surface area contributed by atoms with E-state index in [1.165, 1.54) is 0 Å². The fraction of sp³-hybridized carbons (Fsp3) is 0.480. The van der Waals surface area contributed by atoms with Crippen molar-refractivity contribution in [1.82, 2.24) is 9.88 Å². The minimum atomic E-state index is -3.00. The van der Waals surface area contributed by atoms with Crippen LogP contribution in [0.25, 0.3) is 5.57 Å². The molecular weight excluding hydrogens is 447 g/mol. The van der Waals surface area contributed by atoms with Gasteiger partial charge in [-0.3, -0.25) is 0 Å². The smallest absolute Gasteiger partial charge is 0.266 e. The second-order valence-electron chi connectivity index (χ2n) is 9.07. The Morgan fingerprint density at radius 1 is 1.35 bits per heavy atom. The van der Waals surface area contributed by atoms with Crippen LogP contribution >= 0.6 is 0 Å². The SMILES string of the molecule is C=C(C)c1ccn(C2C[C@H](Oc3cc(C(F)F)c(F)c4c3CNC[C@H]4C)[C@@H](O)[C@H]2O)c1/N=C\C. The number of hydrogen-bond donors (Lipinski definition) is 3. The van der Waals surface area contributed by atoms with Crippen molar-refractivity contribution in [3.63, 3.8) is 0 Å². The number of nitrogens with zero attached hydrogens (tertiary/aromatic N) is 2. The molecule has 2 aromatic rings. The number of alkyl halides is 2. The molecule has 6 nitrogen and oxygen atoms in total. The van der Waals surface area contributed by atoms with Crippen molar-refractivity contribution in [2.75, 3.05) is 6.54 Å². The van der Waals surface area contributed by atoms with Crippen molar-refractivity contribution in [2.24, 2.45) is 4.99 Å². The van der Waals surface area contributed by atoms with E-state index in [0.29, 0.717) is 17.9 Å². The number of fused-ring (bicyclic) bond motifs is 1. The Morgan fingerprint density at radius 3 is 2.74 bits per heavy atom. The van der Waals surface area contributed by atoms with Gasteiger partial charge in [-0.15, -0.1) is 0 Å². The highest BCUT2D eigenvalue weighted by Crippen LogP contribution is 2.42. The number of nitrogens with one attached hydrogen (secondary N) is 1. The molecule has 5 atom stereocenters. The highest BCUT2D eigenvalue weighted by molar-refractivity contribution is 5.73. The quantitative estimate of drug-likeness (QED) is 0.530. The summed E-state index contributed by atoms with van der Waals surface area (Å²) >= 11 is 0. The van der Waals surface area contributed by atoms with E-state index >= 15 is 0 Å². The molecule has 2 aliphatic rings. The summed E-state index contributed by atoms with van der Waals surface area (Å²) < 4.78 is 49.9. The lowest BCUT2D eigenvalue weighted by Gasteiger charge is -2.29. The van der Waals surface area contributed by atoms with Crippen LogP contribution in [0.1, 0.15) is 67.8 Å². The molecule has 0 saturated heterocycles. The van der Waals surface area contributed by atoms with Crippen molar-refractivity contribution < 1.29 is 28.1 Å². The Labute approximate surface area is 196 Å². The van der Waals surface area contributed by atoms with Gasteiger partial charge in [-0.1, -0.05) is 13.5 Å². The Hall–Kier alpha value is -2.62. The molecule has 34 heavy (non-hydrogen) atoms. The third kappa shape index (κ3) is 4.16. The van der Waals surface area contributed by atoms with Gasteiger partial charge in [-0.05, 0) is 37.5 Å². The van der Waals surface area contributed by atoms with E-state index in [9.17, 15) is 23.4 Å². The molecule has 1 aliphatic heterocycles. The summed E-state index contributed by atoms with van der Waals surface area (Å²) in [5.41, 5.74) is 1.58. The van der Waals surface area contributed by atoms with E-state index in [-0.39, 0.29) is 30.2 Å². The molecule has 2 heterocycles. The number of allylic oxidation sites excluding steroid dienone is 1. The molecule has 0 amide bonds. The standard InChI is InChI=1S/C25H30F3N3O3/c1-5-30-25-14(12(2)3)6-7-31(25)17-9-19(23(33)22(17)32)34-18-8-15(24(27)28)21(26)20-13(4)10-29-11-16(18)20/h5-8,13,17,19,22-24,29,32-33H,2,9-11H2,1,3-4H3/b30-5-/t13-,17?,19+,22+,23-/m1/s1. The number of aromatic nitrogens is 1. The Kier molecular flexibility index (Phi) is 6.89. The van der Waals surface area contributed by atoms with Crippen LogP contribution in [0.5, 0.6) is 5.75 Å². The van der Waals surface area contributed by atoms with Gasteiger partial charge in [0.2, 0.25) is 0 Å². The van der Waals surface area contributed by atoms with Crippen LogP contribution in [0.2, 0.25) is 0 Å². The van der Waals surface area contributed by atoms with Crippen LogP contribution in [0.15, 0.2) is 29.9 Å². The van der Waals surface area contributed by atoms with E-state index in [0.717, 1.165) is 17.2 Å². The largest absolute Gasteiger partial charge is 0.487 e. The molecular formula is C25H30F3N3O3. The van der Waals surface area contributed by atoms with Gasteiger partial charge in [0.25, 0.3) is 6.43 Å². The lowest BCUT2D eigenvalue weighted by atomic mass is 9.89. The number of hydrogen-bond acceptors (Lipinski definition) is 5. The second-order valence-corrected chi connectivity index (χ2v) is 9.07. The van der Waals surface area contributed by atoms with Crippen molar-refractivity contribution >= 4 is 17.6 Å². The van der Waals surface area contributed by atoms with Gasteiger partial charge in [0.15, 0.2) is 0 Å². The van der Waals surface area contributed by atoms with Gasteiger partial charge in [-0.2, -0.15) is 0 Å². The van der Waals surface area contributed by atoms with Gasteiger partial charge in [0.1, 0.15) is 35.7 Å². The van der Waals surface area contributed by atoms with Gasteiger partial charge in [0, 0.05) is 48.6 Å². The topological polar surface area (TPSA) is 79.0 Å². The lowest BCUT2D eigenvalue weighted by Crippen LogP contribution is -2.35. The monoisotopic (exact) mass is 477 g/mol. The van der Waals surface area contributed by atoms with Gasteiger partial charge in [0.05, 0.1) is 11.6 Å². The van der Waals surface area contributed by atoms with Crippen LogP contribution in [-0.2, 0) is 6.54 Å². The fourth-order valence-electron chi connectivity index (χ4n) is 5.01. The molecule has 4 rings (SSSR count). The van der Waals surface area contributed by atoms with E-state index in [1.807, 2.05) is 13.0 Å². The van der Waals surface area contributed by atoms with Gasteiger partial charge in [-0.25, -0.2) is 18.2 Å². The normalized spacial score (nSPS) is 26.9. The zero-order valence-electron chi connectivity index (χ0n) is 19.4. The zero-order valence-corrected chi connectivity index (χ0v) is 19.4. The Bertz CT molecular complexity index is 1110. The summed E-state index contributed by atoms with van der Waals surface area (Å²) in [4.78, 5) is 4.42. The van der Waals surface area contributed by atoms with E-state index in [4.69, 9.17) is 4.74 Å². The maximum absolute atomic E-state index is 14.9. The number of aliphatic hydroxyl groups is 2. The summed E-state index contributed by atoms with van der Waals surface area (Å²) in [5.74, 6) is -0.516. The van der Waals surface area contributed by atoms with Crippen LogP contribution in [-0.4, -0.2) is 45.9 Å². The Morgan fingerprint density at radius 2 is 2.09 bits per heavy atom. The number of halogens is 3. The average Bonchev–Trinajstić information content (AvgIpc) is 3.31. The molecule has 1 aromatic carbocycles. The molecule has 0 spiro atoms. The van der Waals surface area contributed by atoms with Gasteiger partial charge >= 0.3 is 0 Å². The molecule has 9 heteroatoms. The summed E-state index contributed by atoms with van der Waals surface area (Å²) in [5, 5.41) is 24.8. The first-order chi connectivity index (χ1) is 16.1. The van der Waals surface area contributed by atoms with Crippen LogP contribution in [0, 0.1) is 5.82 Å². The molecule has 1 fully saturated rings. The first-order valence-corrected chi connectivity index (χ1v) is 11.4. The molecule has 1 saturated carbocycles. The minimum absolute atomic E-state index is 0.101. The highest BCUT2D eigenvalue weighted by Gasteiger charge is 2.45. The molecule has 0 bridgehead atoms. The molecule has 184 valence electrons. The van der Waals surface area contributed by atoms with Crippen molar-refractivity contribution in [3.05, 3.63) is 53.0 Å². The van der Waals surface area contributed by atoms with Crippen molar-refractivity contribution in [3.8, 4) is 5.75 Å². The van der Waals surface area contributed by atoms with E-state index in [1.54, 1.807) is 30.8 Å². The summed E-state index contributed by atoms with van der Waals surface area (Å²) in [6.07, 6.45) is -2.72. The van der Waals surface area contributed by atoms with Crippen molar-refractivity contribution in [2.45, 2.75) is 70.4 Å². The van der Waals surface area contributed by atoms with Crippen LogP contribution < -0.4 is 10.1 Å².